The maximum Gasteiger partial charge on any atom is 0.219 e. The van der Waals surface area contributed by atoms with Crippen LogP contribution in [0.1, 0.15) is 32.4 Å². The molecule has 0 aliphatic carbocycles. The minimum absolute atomic E-state index is 0.108. The van der Waals surface area contributed by atoms with Crippen LogP contribution < -0.4 is 5.32 Å². The van der Waals surface area contributed by atoms with Crippen LogP contribution in [0.4, 0.5) is 0 Å². The highest BCUT2D eigenvalue weighted by molar-refractivity contribution is 5.75. The summed E-state index contributed by atoms with van der Waals surface area (Å²) in [5.74, 6) is 1.08. The molecule has 0 saturated carbocycles. The van der Waals surface area contributed by atoms with E-state index in [2.05, 4.69) is 5.32 Å². The standard InChI is InChI=1S/C11H17NO2/c1-3-11(13)12-9(2)6-7-10-5-4-8-14-10/h4-5,8-9H,3,6-7H2,1-2H3,(H,12,13)/t9-/m1/s1. The minimum Gasteiger partial charge on any atom is -0.469 e. The average Bonchev–Trinajstić information content (AvgIpc) is 2.67. The molecule has 1 aromatic rings. The normalized spacial score (nSPS) is 12.4. The molecule has 0 aromatic carbocycles. The predicted molar refractivity (Wildman–Crippen MR) is 54.9 cm³/mol. The molecule has 1 aromatic heterocycles. The molecule has 0 aliphatic rings. The average molecular weight is 195 g/mol. The Labute approximate surface area is 84.5 Å². The first kappa shape index (κ1) is 10.8. The molecule has 0 unspecified atom stereocenters. The fourth-order valence-electron chi connectivity index (χ4n) is 1.26. The molecule has 3 nitrogen and oxygen atoms in total. The highest BCUT2D eigenvalue weighted by Crippen LogP contribution is 2.05. The third-order valence-electron chi connectivity index (χ3n) is 2.13. The number of hydrogen-bond donors (Lipinski definition) is 1. The topological polar surface area (TPSA) is 42.2 Å². The summed E-state index contributed by atoms with van der Waals surface area (Å²) >= 11 is 0. The molecule has 1 rings (SSSR count). The Morgan fingerprint density at radius 2 is 2.43 bits per heavy atom. The Bertz CT molecular complexity index is 267. The molecule has 14 heavy (non-hydrogen) atoms. The third kappa shape index (κ3) is 3.64. The van der Waals surface area contributed by atoms with Crippen molar-refractivity contribution in [2.45, 2.75) is 39.2 Å². The van der Waals surface area contributed by atoms with Gasteiger partial charge in [-0.3, -0.25) is 4.79 Å². The molecule has 1 atom stereocenters. The molecular weight excluding hydrogens is 178 g/mol. The first-order chi connectivity index (χ1) is 6.72. The number of carbonyl (C=O) groups is 1. The number of nitrogens with one attached hydrogen (secondary N) is 1. The number of aryl methyl sites for hydroxylation is 1. The van der Waals surface area contributed by atoms with Crippen molar-refractivity contribution in [2.75, 3.05) is 0 Å². The maximum atomic E-state index is 11.0. The molecule has 0 spiro atoms. The van der Waals surface area contributed by atoms with Crippen LogP contribution in [-0.4, -0.2) is 11.9 Å². The highest BCUT2D eigenvalue weighted by Gasteiger charge is 2.06. The van der Waals surface area contributed by atoms with Crippen molar-refractivity contribution >= 4 is 5.91 Å². The van der Waals surface area contributed by atoms with E-state index in [1.807, 2.05) is 26.0 Å². The Balaban J connectivity index is 2.21. The van der Waals surface area contributed by atoms with Crippen LogP contribution in [0, 0.1) is 0 Å². The fraction of sp³-hybridized carbons (Fsp3) is 0.545. The van der Waals surface area contributed by atoms with E-state index in [1.54, 1.807) is 6.26 Å². The van der Waals surface area contributed by atoms with Gasteiger partial charge in [0.05, 0.1) is 6.26 Å². The molecule has 1 amide bonds. The van der Waals surface area contributed by atoms with Gasteiger partial charge in [-0.05, 0) is 25.5 Å². The van der Waals surface area contributed by atoms with Gasteiger partial charge in [0, 0.05) is 18.9 Å². The monoisotopic (exact) mass is 195 g/mol. The second-order valence-electron chi connectivity index (χ2n) is 3.44. The zero-order chi connectivity index (χ0) is 10.4. The van der Waals surface area contributed by atoms with Crippen LogP contribution in [-0.2, 0) is 11.2 Å². The summed E-state index contributed by atoms with van der Waals surface area (Å²) in [4.78, 5) is 11.0. The van der Waals surface area contributed by atoms with E-state index in [1.165, 1.54) is 0 Å². The Morgan fingerprint density at radius 1 is 1.64 bits per heavy atom. The largest absolute Gasteiger partial charge is 0.469 e. The lowest BCUT2D eigenvalue weighted by Crippen LogP contribution is -2.32. The molecular formula is C11H17NO2. The summed E-state index contributed by atoms with van der Waals surface area (Å²) in [5, 5.41) is 2.91. The van der Waals surface area contributed by atoms with E-state index in [4.69, 9.17) is 4.42 Å². The molecule has 0 saturated heterocycles. The quantitative estimate of drug-likeness (QED) is 0.782. The van der Waals surface area contributed by atoms with Gasteiger partial charge in [-0.15, -0.1) is 0 Å². The summed E-state index contributed by atoms with van der Waals surface area (Å²) in [6, 6.07) is 4.05. The summed E-state index contributed by atoms with van der Waals surface area (Å²) in [6.07, 6.45) is 4.01. The van der Waals surface area contributed by atoms with E-state index in [-0.39, 0.29) is 11.9 Å². The number of rotatable bonds is 5. The van der Waals surface area contributed by atoms with Crippen molar-refractivity contribution in [1.82, 2.24) is 5.32 Å². The van der Waals surface area contributed by atoms with Crippen LogP contribution in [0.2, 0.25) is 0 Å². The van der Waals surface area contributed by atoms with Gasteiger partial charge in [0.15, 0.2) is 0 Å². The van der Waals surface area contributed by atoms with Crippen molar-refractivity contribution in [3.8, 4) is 0 Å². The van der Waals surface area contributed by atoms with Crippen molar-refractivity contribution in [2.24, 2.45) is 0 Å². The van der Waals surface area contributed by atoms with E-state index in [0.717, 1.165) is 18.6 Å². The van der Waals surface area contributed by atoms with E-state index >= 15 is 0 Å². The van der Waals surface area contributed by atoms with Gasteiger partial charge in [-0.1, -0.05) is 6.92 Å². The van der Waals surface area contributed by atoms with Gasteiger partial charge < -0.3 is 9.73 Å². The third-order valence-corrected chi connectivity index (χ3v) is 2.13. The first-order valence-electron chi connectivity index (χ1n) is 5.04. The second kappa shape index (κ2) is 5.47. The number of hydrogen-bond acceptors (Lipinski definition) is 2. The Morgan fingerprint density at radius 3 is 3.00 bits per heavy atom. The van der Waals surface area contributed by atoms with E-state index in [9.17, 15) is 4.79 Å². The van der Waals surface area contributed by atoms with Gasteiger partial charge >= 0.3 is 0 Å². The van der Waals surface area contributed by atoms with Gasteiger partial charge in [0.1, 0.15) is 5.76 Å². The molecule has 0 bridgehead atoms. The molecule has 0 fully saturated rings. The summed E-state index contributed by atoms with van der Waals surface area (Å²) in [5.41, 5.74) is 0. The minimum atomic E-state index is 0.108. The van der Waals surface area contributed by atoms with Crippen LogP contribution >= 0.6 is 0 Å². The number of furan rings is 1. The van der Waals surface area contributed by atoms with Gasteiger partial charge in [0.2, 0.25) is 5.91 Å². The molecule has 1 N–H and O–H groups in total. The predicted octanol–water partition coefficient (Wildman–Crippen LogP) is 2.13. The second-order valence-corrected chi connectivity index (χ2v) is 3.44. The van der Waals surface area contributed by atoms with E-state index < -0.39 is 0 Å². The molecule has 1 heterocycles. The molecule has 3 heteroatoms. The van der Waals surface area contributed by atoms with Crippen LogP contribution in [0.15, 0.2) is 22.8 Å². The van der Waals surface area contributed by atoms with Crippen LogP contribution in [0.3, 0.4) is 0 Å². The van der Waals surface area contributed by atoms with Gasteiger partial charge in [-0.25, -0.2) is 0 Å². The van der Waals surface area contributed by atoms with Crippen LogP contribution in [0.25, 0.3) is 0 Å². The zero-order valence-corrected chi connectivity index (χ0v) is 8.75. The maximum absolute atomic E-state index is 11.0. The fourth-order valence-corrected chi connectivity index (χ4v) is 1.26. The summed E-state index contributed by atoms with van der Waals surface area (Å²) < 4.78 is 5.20. The Kier molecular flexibility index (Phi) is 4.23. The highest BCUT2D eigenvalue weighted by atomic mass is 16.3. The van der Waals surface area contributed by atoms with Crippen molar-refractivity contribution in [3.63, 3.8) is 0 Å². The summed E-state index contributed by atoms with van der Waals surface area (Å²) in [6.45, 7) is 3.87. The lowest BCUT2D eigenvalue weighted by Gasteiger charge is -2.11. The number of amides is 1. The Hall–Kier alpha value is -1.25. The zero-order valence-electron chi connectivity index (χ0n) is 8.75. The van der Waals surface area contributed by atoms with Gasteiger partial charge in [0.25, 0.3) is 0 Å². The molecule has 0 aliphatic heterocycles. The number of carbonyl (C=O) groups excluding carboxylic acids is 1. The van der Waals surface area contributed by atoms with Crippen LogP contribution in [0.5, 0.6) is 0 Å². The lowest BCUT2D eigenvalue weighted by atomic mass is 10.1. The molecule has 78 valence electrons. The SMILES string of the molecule is CCC(=O)N[C@H](C)CCc1ccco1. The van der Waals surface area contributed by atoms with Crippen molar-refractivity contribution < 1.29 is 9.21 Å². The van der Waals surface area contributed by atoms with Gasteiger partial charge in [-0.2, -0.15) is 0 Å². The first-order valence-corrected chi connectivity index (χ1v) is 5.04. The van der Waals surface area contributed by atoms with E-state index in [0.29, 0.717) is 6.42 Å². The van der Waals surface area contributed by atoms with Crippen molar-refractivity contribution in [3.05, 3.63) is 24.2 Å². The van der Waals surface area contributed by atoms with Crippen molar-refractivity contribution in [1.29, 1.82) is 0 Å². The smallest absolute Gasteiger partial charge is 0.219 e. The molecule has 0 radical (unpaired) electrons. The summed E-state index contributed by atoms with van der Waals surface area (Å²) in [7, 11) is 0. The lowest BCUT2D eigenvalue weighted by molar-refractivity contribution is -0.121.